The number of unbranched alkanes of at least 4 members (excludes halogenated alkanes) is 1. The fourth-order valence-corrected chi connectivity index (χ4v) is 4.67. The van der Waals surface area contributed by atoms with Gasteiger partial charge in [-0.2, -0.15) is 12.6 Å². The molecular weight excluding hydrogens is 522 g/mol. The first-order valence-electron chi connectivity index (χ1n) is 12.8. The number of nitrogens with zero attached hydrogens (tertiary/aromatic N) is 1. The van der Waals surface area contributed by atoms with Crippen LogP contribution in [0.25, 0.3) is 0 Å². The molecule has 2 N–H and O–H groups in total. The summed E-state index contributed by atoms with van der Waals surface area (Å²) in [5.74, 6) is -0.786. The number of halogens is 1. The summed E-state index contributed by atoms with van der Waals surface area (Å²) in [4.78, 5) is 42.0. The smallest absolute Gasteiger partial charge is 0.408 e. The van der Waals surface area contributed by atoms with Crippen LogP contribution in [0.3, 0.4) is 0 Å². The van der Waals surface area contributed by atoms with Gasteiger partial charge in [0, 0.05) is 12.3 Å². The van der Waals surface area contributed by atoms with E-state index in [1.54, 1.807) is 26.8 Å². The van der Waals surface area contributed by atoms with Gasteiger partial charge in [0.15, 0.2) is 0 Å². The van der Waals surface area contributed by atoms with Crippen molar-refractivity contribution in [3.63, 3.8) is 0 Å². The van der Waals surface area contributed by atoms with Gasteiger partial charge in [-0.05, 0) is 65.2 Å². The molecule has 9 heteroatoms. The number of benzene rings is 2. The normalized spacial score (nSPS) is 12.9. The number of anilines is 1. The lowest BCUT2D eigenvalue weighted by molar-refractivity contribution is -0.140. The van der Waals surface area contributed by atoms with Gasteiger partial charge >= 0.3 is 6.09 Å². The monoisotopic (exact) mass is 561 g/mol. The highest BCUT2D eigenvalue weighted by atomic mass is 35.5. The maximum Gasteiger partial charge on any atom is 0.408 e. The summed E-state index contributed by atoms with van der Waals surface area (Å²) in [6.45, 7) is 13.3. The van der Waals surface area contributed by atoms with Crippen LogP contribution in [-0.4, -0.2) is 46.7 Å². The summed E-state index contributed by atoms with van der Waals surface area (Å²) in [5, 5.41) is 6.00. The second kappa shape index (κ2) is 13.9. The highest BCUT2D eigenvalue weighted by Gasteiger charge is 2.36. The SMILES string of the molecule is CCCCN(C(=O)C(CS)NC(=O)OC(C)(C)C)C(C(=O)Nc1c(C)cccc1Cl)c1cc(C)cc(C)c1. The Bertz CT molecular complexity index is 1110. The van der Waals surface area contributed by atoms with Crippen molar-refractivity contribution < 1.29 is 19.1 Å². The van der Waals surface area contributed by atoms with Crippen LogP contribution < -0.4 is 10.6 Å². The van der Waals surface area contributed by atoms with Gasteiger partial charge in [0.25, 0.3) is 5.91 Å². The van der Waals surface area contributed by atoms with Crippen LogP contribution in [0.4, 0.5) is 10.5 Å². The molecule has 208 valence electrons. The number of alkyl carbamates (subject to hydrolysis) is 1. The van der Waals surface area contributed by atoms with Gasteiger partial charge in [-0.1, -0.05) is 66.4 Å². The molecule has 2 unspecified atom stereocenters. The number of nitrogens with one attached hydrogen (secondary N) is 2. The molecule has 0 fully saturated rings. The van der Waals surface area contributed by atoms with Gasteiger partial charge in [-0.25, -0.2) is 4.79 Å². The van der Waals surface area contributed by atoms with Gasteiger partial charge in [-0.3, -0.25) is 9.59 Å². The Balaban J connectivity index is 2.56. The zero-order valence-electron chi connectivity index (χ0n) is 23.4. The van der Waals surface area contributed by atoms with Crippen molar-refractivity contribution in [2.75, 3.05) is 17.6 Å². The summed E-state index contributed by atoms with van der Waals surface area (Å²) in [7, 11) is 0. The average Bonchev–Trinajstić information content (AvgIpc) is 2.80. The zero-order chi connectivity index (χ0) is 28.6. The Kier molecular flexibility index (Phi) is 11.5. The van der Waals surface area contributed by atoms with E-state index < -0.39 is 35.6 Å². The molecule has 0 heterocycles. The van der Waals surface area contributed by atoms with Gasteiger partial charge in [-0.15, -0.1) is 0 Å². The topological polar surface area (TPSA) is 87.7 Å². The van der Waals surface area contributed by atoms with Crippen molar-refractivity contribution in [1.29, 1.82) is 0 Å². The number of aryl methyl sites for hydroxylation is 3. The van der Waals surface area contributed by atoms with Crippen LogP contribution in [-0.2, 0) is 14.3 Å². The van der Waals surface area contributed by atoms with Crippen molar-refractivity contribution in [2.24, 2.45) is 0 Å². The lowest BCUT2D eigenvalue weighted by Crippen LogP contribution is -2.53. The third-order valence-electron chi connectivity index (χ3n) is 5.80. The molecule has 0 aromatic heterocycles. The lowest BCUT2D eigenvalue weighted by atomic mass is 9.98. The highest BCUT2D eigenvalue weighted by molar-refractivity contribution is 7.80. The Hall–Kier alpha value is -2.71. The second-order valence-corrected chi connectivity index (χ2v) is 11.3. The number of rotatable bonds is 10. The molecule has 0 saturated carbocycles. The number of para-hydroxylation sites is 1. The van der Waals surface area contributed by atoms with Crippen molar-refractivity contribution in [3.8, 4) is 0 Å². The molecule has 0 saturated heterocycles. The molecule has 0 radical (unpaired) electrons. The number of amides is 3. The maximum atomic E-state index is 14.0. The first-order valence-corrected chi connectivity index (χ1v) is 13.8. The molecule has 0 aliphatic rings. The molecular formula is C29H40ClN3O4S. The minimum absolute atomic E-state index is 0.0332. The van der Waals surface area contributed by atoms with Gasteiger partial charge in [0.1, 0.15) is 17.7 Å². The first-order chi connectivity index (χ1) is 17.8. The molecule has 3 amide bonds. The van der Waals surface area contributed by atoms with Crippen LogP contribution in [0, 0.1) is 20.8 Å². The number of thiol groups is 1. The molecule has 38 heavy (non-hydrogen) atoms. The van der Waals surface area contributed by atoms with E-state index in [9.17, 15) is 14.4 Å². The standard InChI is InChI=1S/C29H40ClN3O4S/c1-8-9-13-33(27(35)23(17-38)31-28(36)37-29(5,6)7)25(21-15-18(2)14-19(3)16-21)26(34)32-24-20(4)11-10-12-22(24)30/h10-12,14-16,23,25,38H,8-9,13,17H2,1-7H3,(H,31,36)(H,32,34). The van der Waals surface area contributed by atoms with Crippen LogP contribution >= 0.6 is 24.2 Å². The number of hydrogen-bond acceptors (Lipinski definition) is 5. The molecule has 0 aliphatic carbocycles. The first kappa shape index (κ1) is 31.5. The minimum atomic E-state index is -0.992. The minimum Gasteiger partial charge on any atom is -0.444 e. The quantitative estimate of drug-likeness (QED) is 0.293. The van der Waals surface area contributed by atoms with Crippen LogP contribution in [0.5, 0.6) is 0 Å². The van der Waals surface area contributed by atoms with E-state index in [4.69, 9.17) is 16.3 Å². The lowest BCUT2D eigenvalue weighted by Gasteiger charge is -2.34. The Morgan fingerprint density at radius 3 is 2.24 bits per heavy atom. The van der Waals surface area contributed by atoms with Crippen LogP contribution in [0.1, 0.15) is 68.8 Å². The maximum absolute atomic E-state index is 14.0. The summed E-state index contributed by atoms with van der Waals surface area (Å²) in [5.41, 5.74) is 3.17. The Morgan fingerprint density at radius 2 is 1.71 bits per heavy atom. The summed E-state index contributed by atoms with van der Waals surface area (Å²) in [6.07, 6.45) is 0.746. The fourth-order valence-electron chi connectivity index (χ4n) is 4.15. The van der Waals surface area contributed by atoms with Crippen molar-refractivity contribution in [1.82, 2.24) is 10.2 Å². The van der Waals surface area contributed by atoms with Crippen molar-refractivity contribution in [3.05, 3.63) is 63.7 Å². The molecule has 2 aromatic rings. The molecule has 2 rings (SSSR count). The van der Waals surface area contributed by atoms with Gasteiger partial charge in [0.05, 0.1) is 10.7 Å². The van der Waals surface area contributed by atoms with E-state index in [1.807, 2.05) is 58.0 Å². The molecule has 2 aromatic carbocycles. The predicted octanol–water partition coefficient (Wildman–Crippen LogP) is 6.40. The van der Waals surface area contributed by atoms with Crippen LogP contribution in [0.15, 0.2) is 36.4 Å². The van der Waals surface area contributed by atoms with E-state index in [-0.39, 0.29) is 5.75 Å². The second-order valence-electron chi connectivity index (χ2n) is 10.5. The number of hydrogen-bond donors (Lipinski definition) is 3. The van der Waals surface area contributed by atoms with E-state index in [1.165, 1.54) is 4.90 Å². The van der Waals surface area contributed by atoms with E-state index >= 15 is 0 Å². The van der Waals surface area contributed by atoms with Gasteiger partial charge in [0.2, 0.25) is 5.91 Å². The third-order valence-corrected chi connectivity index (χ3v) is 6.48. The predicted molar refractivity (Wildman–Crippen MR) is 157 cm³/mol. The summed E-state index contributed by atoms with van der Waals surface area (Å²) >= 11 is 10.8. The molecule has 0 bridgehead atoms. The van der Waals surface area contributed by atoms with E-state index in [0.29, 0.717) is 29.2 Å². The van der Waals surface area contributed by atoms with Gasteiger partial charge < -0.3 is 20.3 Å². The molecule has 2 atom stereocenters. The largest absolute Gasteiger partial charge is 0.444 e. The zero-order valence-corrected chi connectivity index (χ0v) is 25.0. The highest BCUT2D eigenvalue weighted by Crippen LogP contribution is 2.30. The van der Waals surface area contributed by atoms with Crippen molar-refractivity contribution >= 4 is 47.8 Å². The van der Waals surface area contributed by atoms with E-state index in [2.05, 4.69) is 23.3 Å². The van der Waals surface area contributed by atoms with Crippen LogP contribution in [0.2, 0.25) is 5.02 Å². The number of carbonyl (C=O) groups is 3. The Morgan fingerprint density at radius 1 is 1.08 bits per heavy atom. The molecule has 0 aliphatic heterocycles. The third kappa shape index (κ3) is 8.95. The summed E-state index contributed by atoms with van der Waals surface area (Å²) < 4.78 is 5.36. The molecule has 0 spiro atoms. The van der Waals surface area contributed by atoms with E-state index in [0.717, 1.165) is 23.1 Å². The van der Waals surface area contributed by atoms with Crippen molar-refractivity contribution in [2.45, 2.75) is 79.0 Å². The fraction of sp³-hybridized carbons (Fsp3) is 0.483. The number of carbonyl (C=O) groups excluding carboxylic acids is 3. The Labute approximate surface area is 237 Å². The summed E-state index contributed by atoms with van der Waals surface area (Å²) in [6, 6.07) is 9.23. The number of ether oxygens (including phenoxy) is 1. The molecule has 7 nitrogen and oxygen atoms in total. The average molecular weight is 562 g/mol.